The Kier molecular flexibility index (Phi) is 3.72. The van der Waals surface area contributed by atoms with Gasteiger partial charge in [-0.05, 0) is 17.7 Å². The normalized spacial score (nSPS) is 12.9. The van der Waals surface area contributed by atoms with E-state index in [0.29, 0.717) is 6.61 Å². The van der Waals surface area contributed by atoms with Gasteiger partial charge >= 0.3 is 0 Å². The first-order valence-electron chi connectivity index (χ1n) is 3.66. The van der Waals surface area contributed by atoms with Crippen LogP contribution in [0.2, 0.25) is 0 Å². The van der Waals surface area contributed by atoms with Gasteiger partial charge in [0.1, 0.15) is 6.10 Å². The highest BCUT2D eigenvalue weighted by Gasteiger charge is 2.05. The predicted molar refractivity (Wildman–Crippen MR) is 51.0 cm³/mol. The molecule has 1 atom stereocenters. The van der Waals surface area contributed by atoms with E-state index in [2.05, 4.69) is 15.9 Å². The van der Waals surface area contributed by atoms with Gasteiger partial charge in [0.15, 0.2) is 0 Å². The summed E-state index contributed by atoms with van der Waals surface area (Å²) in [6.45, 7) is 0.330. The molecule has 12 heavy (non-hydrogen) atoms. The number of hydrogen-bond acceptors (Lipinski definition) is 2. The smallest absolute Gasteiger partial charge is 0.102 e. The molecule has 1 N–H and O–H groups in total. The summed E-state index contributed by atoms with van der Waals surface area (Å²) >= 11 is 3.33. The van der Waals surface area contributed by atoms with E-state index in [9.17, 15) is 5.11 Å². The van der Waals surface area contributed by atoms with Crippen LogP contribution in [0.1, 0.15) is 11.7 Å². The van der Waals surface area contributed by atoms with Crippen LogP contribution in [-0.4, -0.2) is 18.8 Å². The Labute approximate surface area is 80.3 Å². The molecular formula is C9H11BrO2. The Morgan fingerprint density at radius 3 is 2.92 bits per heavy atom. The van der Waals surface area contributed by atoms with Gasteiger partial charge in [-0.2, -0.15) is 0 Å². The Hall–Kier alpha value is -0.380. The van der Waals surface area contributed by atoms with E-state index in [0.717, 1.165) is 10.0 Å². The molecule has 0 aromatic heterocycles. The van der Waals surface area contributed by atoms with E-state index < -0.39 is 6.10 Å². The lowest BCUT2D eigenvalue weighted by Gasteiger charge is -2.09. The van der Waals surface area contributed by atoms with Crippen LogP contribution in [0.4, 0.5) is 0 Å². The predicted octanol–water partition coefficient (Wildman–Crippen LogP) is 2.13. The molecule has 1 rings (SSSR count). The van der Waals surface area contributed by atoms with Crippen molar-refractivity contribution in [1.82, 2.24) is 0 Å². The minimum Gasteiger partial charge on any atom is -0.386 e. The van der Waals surface area contributed by atoms with Crippen molar-refractivity contribution >= 4 is 15.9 Å². The van der Waals surface area contributed by atoms with E-state index in [1.165, 1.54) is 0 Å². The molecular weight excluding hydrogens is 220 g/mol. The van der Waals surface area contributed by atoms with Crippen LogP contribution in [0, 0.1) is 0 Å². The minimum atomic E-state index is -0.535. The number of halogens is 1. The molecule has 0 fully saturated rings. The van der Waals surface area contributed by atoms with Crippen LogP contribution in [0.15, 0.2) is 28.7 Å². The fraction of sp³-hybridized carbons (Fsp3) is 0.333. The fourth-order valence-electron chi connectivity index (χ4n) is 0.968. The lowest BCUT2D eigenvalue weighted by molar-refractivity contribution is 0.0644. The van der Waals surface area contributed by atoms with Crippen LogP contribution in [0.3, 0.4) is 0 Å². The second kappa shape index (κ2) is 4.60. The van der Waals surface area contributed by atoms with Crippen LogP contribution < -0.4 is 0 Å². The number of aliphatic hydroxyl groups excluding tert-OH is 1. The number of ether oxygens (including phenoxy) is 1. The molecule has 0 aliphatic heterocycles. The van der Waals surface area contributed by atoms with Gasteiger partial charge in [0.25, 0.3) is 0 Å². The SMILES string of the molecule is COCC(O)c1cccc(Br)c1. The molecule has 0 saturated heterocycles. The first-order valence-corrected chi connectivity index (χ1v) is 4.46. The highest BCUT2D eigenvalue weighted by Crippen LogP contribution is 2.17. The van der Waals surface area contributed by atoms with Gasteiger partial charge in [-0.1, -0.05) is 28.1 Å². The van der Waals surface area contributed by atoms with E-state index in [4.69, 9.17) is 4.74 Å². The van der Waals surface area contributed by atoms with Crippen molar-refractivity contribution in [3.63, 3.8) is 0 Å². The standard InChI is InChI=1S/C9H11BrO2/c1-12-6-9(11)7-3-2-4-8(10)5-7/h2-5,9,11H,6H2,1H3. The van der Waals surface area contributed by atoms with Crippen molar-refractivity contribution < 1.29 is 9.84 Å². The molecule has 0 amide bonds. The Morgan fingerprint density at radius 1 is 1.58 bits per heavy atom. The highest BCUT2D eigenvalue weighted by molar-refractivity contribution is 9.10. The molecule has 0 aliphatic carbocycles. The summed E-state index contributed by atoms with van der Waals surface area (Å²) in [5, 5.41) is 9.50. The average Bonchev–Trinajstić information content (AvgIpc) is 2.05. The van der Waals surface area contributed by atoms with Gasteiger partial charge in [-0.15, -0.1) is 0 Å². The molecule has 1 aromatic rings. The second-order valence-corrected chi connectivity index (χ2v) is 3.44. The molecule has 1 aromatic carbocycles. The van der Waals surface area contributed by atoms with Gasteiger partial charge < -0.3 is 9.84 Å². The number of hydrogen-bond donors (Lipinski definition) is 1. The van der Waals surface area contributed by atoms with Crippen molar-refractivity contribution in [2.45, 2.75) is 6.10 Å². The summed E-state index contributed by atoms with van der Waals surface area (Å²) in [4.78, 5) is 0. The zero-order chi connectivity index (χ0) is 8.97. The third-order valence-electron chi connectivity index (χ3n) is 1.56. The molecule has 0 saturated carbocycles. The Bertz CT molecular complexity index is 250. The second-order valence-electron chi connectivity index (χ2n) is 2.53. The van der Waals surface area contributed by atoms with E-state index >= 15 is 0 Å². The largest absolute Gasteiger partial charge is 0.386 e. The summed E-state index contributed by atoms with van der Waals surface area (Å²) in [6.07, 6.45) is -0.535. The summed E-state index contributed by atoms with van der Waals surface area (Å²) in [6, 6.07) is 7.56. The molecule has 3 heteroatoms. The number of aliphatic hydroxyl groups is 1. The monoisotopic (exact) mass is 230 g/mol. The Balaban J connectivity index is 2.73. The average molecular weight is 231 g/mol. The third-order valence-corrected chi connectivity index (χ3v) is 2.05. The maximum atomic E-state index is 9.50. The molecule has 0 spiro atoms. The molecule has 0 aliphatic rings. The molecule has 66 valence electrons. The van der Waals surface area contributed by atoms with E-state index in [1.807, 2.05) is 24.3 Å². The van der Waals surface area contributed by atoms with E-state index in [-0.39, 0.29) is 0 Å². The fourth-order valence-corrected chi connectivity index (χ4v) is 1.38. The van der Waals surface area contributed by atoms with Crippen LogP contribution in [-0.2, 0) is 4.74 Å². The van der Waals surface area contributed by atoms with Crippen molar-refractivity contribution in [3.05, 3.63) is 34.3 Å². The van der Waals surface area contributed by atoms with Crippen LogP contribution in [0.25, 0.3) is 0 Å². The summed E-state index contributed by atoms with van der Waals surface area (Å²) in [7, 11) is 1.57. The number of benzene rings is 1. The van der Waals surface area contributed by atoms with Gasteiger partial charge in [0, 0.05) is 11.6 Å². The lowest BCUT2D eigenvalue weighted by Crippen LogP contribution is -2.04. The highest BCUT2D eigenvalue weighted by atomic mass is 79.9. The van der Waals surface area contributed by atoms with E-state index in [1.54, 1.807) is 7.11 Å². The van der Waals surface area contributed by atoms with Gasteiger partial charge in [-0.3, -0.25) is 0 Å². The summed E-state index contributed by atoms with van der Waals surface area (Å²) < 4.78 is 5.80. The van der Waals surface area contributed by atoms with Crippen molar-refractivity contribution in [3.8, 4) is 0 Å². The van der Waals surface area contributed by atoms with Gasteiger partial charge in [0.05, 0.1) is 6.61 Å². The molecule has 2 nitrogen and oxygen atoms in total. The van der Waals surface area contributed by atoms with Crippen molar-refractivity contribution in [1.29, 1.82) is 0 Å². The minimum absolute atomic E-state index is 0.330. The maximum Gasteiger partial charge on any atom is 0.102 e. The zero-order valence-electron chi connectivity index (χ0n) is 6.83. The first-order chi connectivity index (χ1) is 5.74. The molecule has 0 radical (unpaired) electrons. The third kappa shape index (κ3) is 2.59. The topological polar surface area (TPSA) is 29.5 Å². The van der Waals surface area contributed by atoms with Gasteiger partial charge in [-0.25, -0.2) is 0 Å². The number of methoxy groups -OCH3 is 1. The molecule has 0 bridgehead atoms. The summed E-state index contributed by atoms with van der Waals surface area (Å²) in [5.41, 5.74) is 0.867. The van der Waals surface area contributed by atoms with Gasteiger partial charge in [0.2, 0.25) is 0 Å². The first kappa shape index (κ1) is 9.71. The van der Waals surface area contributed by atoms with Crippen molar-refractivity contribution in [2.24, 2.45) is 0 Å². The van der Waals surface area contributed by atoms with Crippen LogP contribution in [0.5, 0.6) is 0 Å². The van der Waals surface area contributed by atoms with Crippen molar-refractivity contribution in [2.75, 3.05) is 13.7 Å². The maximum absolute atomic E-state index is 9.50. The number of rotatable bonds is 3. The quantitative estimate of drug-likeness (QED) is 0.863. The Morgan fingerprint density at radius 2 is 2.33 bits per heavy atom. The molecule has 0 heterocycles. The summed E-state index contributed by atoms with van der Waals surface area (Å²) in [5.74, 6) is 0. The molecule has 1 unspecified atom stereocenters. The lowest BCUT2D eigenvalue weighted by atomic mass is 10.1. The zero-order valence-corrected chi connectivity index (χ0v) is 8.41. The van der Waals surface area contributed by atoms with Crippen LogP contribution >= 0.6 is 15.9 Å².